The Balaban J connectivity index is 1.83. The van der Waals surface area contributed by atoms with Gasteiger partial charge in [0.25, 0.3) is 0 Å². The molecule has 23 heavy (non-hydrogen) atoms. The van der Waals surface area contributed by atoms with Crippen molar-refractivity contribution in [3.8, 4) is 0 Å². The average molecular weight is 319 g/mol. The maximum atomic E-state index is 13.4. The molecule has 4 nitrogen and oxygen atoms in total. The van der Waals surface area contributed by atoms with E-state index in [0.717, 1.165) is 23.5 Å². The number of nitrogens with zero attached hydrogens (tertiary/aromatic N) is 1. The van der Waals surface area contributed by atoms with Gasteiger partial charge in [0.1, 0.15) is 17.3 Å². The lowest BCUT2D eigenvalue weighted by atomic mass is 10.2. The lowest BCUT2D eigenvalue weighted by molar-refractivity contribution is -0.116. The maximum absolute atomic E-state index is 13.4. The van der Waals surface area contributed by atoms with Crippen molar-refractivity contribution in [3.63, 3.8) is 0 Å². The third kappa shape index (κ3) is 4.67. The number of hydrogen-bond donors (Lipinski definition) is 2. The van der Waals surface area contributed by atoms with Crippen LogP contribution < -0.4 is 15.5 Å². The monoisotopic (exact) mass is 319 g/mol. The second-order valence-electron chi connectivity index (χ2n) is 5.26. The Hall–Kier alpha value is -2.63. The first-order valence-corrected chi connectivity index (χ1v) is 7.22. The van der Waals surface area contributed by atoms with Crippen LogP contribution in [0.2, 0.25) is 0 Å². The van der Waals surface area contributed by atoms with Gasteiger partial charge in [-0.25, -0.2) is 8.78 Å². The highest BCUT2D eigenvalue weighted by molar-refractivity contribution is 5.91. The number of carbonyl (C=O) groups is 1. The van der Waals surface area contributed by atoms with Gasteiger partial charge in [0.2, 0.25) is 5.91 Å². The number of amides is 1. The van der Waals surface area contributed by atoms with E-state index < -0.39 is 23.2 Å². The fourth-order valence-corrected chi connectivity index (χ4v) is 2.02. The van der Waals surface area contributed by atoms with Crippen LogP contribution in [0.5, 0.6) is 0 Å². The molecule has 0 saturated carbocycles. The van der Waals surface area contributed by atoms with Crippen molar-refractivity contribution in [3.05, 3.63) is 54.1 Å². The number of carbonyl (C=O) groups excluding carboxylic acids is 1. The minimum Gasteiger partial charge on any atom is -0.385 e. The topological polar surface area (TPSA) is 44.4 Å². The summed E-state index contributed by atoms with van der Waals surface area (Å²) >= 11 is 0. The third-order valence-corrected chi connectivity index (χ3v) is 3.29. The molecule has 6 heteroatoms. The summed E-state index contributed by atoms with van der Waals surface area (Å²) in [5.41, 5.74) is 1.54. The molecule has 2 aromatic rings. The smallest absolute Gasteiger partial charge is 0.226 e. The lowest BCUT2D eigenvalue weighted by Crippen LogP contribution is -2.17. The third-order valence-electron chi connectivity index (χ3n) is 3.29. The number of halogens is 2. The van der Waals surface area contributed by atoms with Gasteiger partial charge >= 0.3 is 0 Å². The Kier molecular flexibility index (Phi) is 5.51. The van der Waals surface area contributed by atoms with Gasteiger partial charge in [-0.15, -0.1) is 0 Å². The van der Waals surface area contributed by atoms with Gasteiger partial charge in [-0.05, 0) is 36.4 Å². The summed E-state index contributed by atoms with van der Waals surface area (Å²) in [7, 11) is 3.91. The quantitative estimate of drug-likeness (QED) is 0.857. The number of nitrogens with one attached hydrogen (secondary N) is 2. The van der Waals surface area contributed by atoms with Crippen LogP contribution in [0.25, 0.3) is 0 Å². The highest BCUT2D eigenvalue weighted by Crippen LogP contribution is 2.18. The molecule has 122 valence electrons. The lowest BCUT2D eigenvalue weighted by Gasteiger charge is -2.13. The zero-order chi connectivity index (χ0) is 16.8. The van der Waals surface area contributed by atoms with Crippen molar-refractivity contribution in [1.29, 1.82) is 0 Å². The van der Waals surface area contributed by atoms with E-state index in [1.165, 1.54) is 6.07 Å². The molecular weight excluding hydrogens is 300 g/mol. The first kappa shape index (κ1) is 16.7. The van der Waals surface area contributed by atoms with E-state index in [0.29, 0.717) is 6.54 Å². The Morgan fingerprint density at radius 3 is 2.22 bits per heavy atom. The Morgan fingerprint density at radius 2 is 1.65 bits per heavy atom. The number of rotatable bonds is 6. The SMILES string of the molecule is CN(C)c1ccc(NCCC(=O)Nc2c(F)cccc2F)cc1. The van der Waals surface area contributed by atoms with E-state index in [9.17, 15) is 13.6 Å². The molecule has 0 aliphatic rings. The number of benzene rings is 2. The second kappa shape index (κ2) is 7.58. The Labute approximate surface area is 134 Å². The van der Waals surface area contributed by atoms with Gasteiger partial charge in [-0.2, -0.15) is 0 Å². The van der Waals surface area contributed by atoms with E-state index in [2.05, 4.69) is 10.6 Å². The fraction of sp³-hybridized carbons (Fsp3) is 0.235. The molecule has 0 unspecified atom stereocenters. The van der Waals surface area contributed by atoms with Crippen LogP contribution in [-0.2, 0) is 4.79 Å². The molecule has 0 spiro atoms. The molecule has 0 heterocycles. The average Bonchev–Trinajstić information content (AvgIpc) is 2.51. The van der Waals surface area contributed by atoms with Crippen molar-refractivity contribution >= 4 is 23.0 Å². The highest BCUT2D eigenvalue weighted by atomic mass is 19.1. The molecule has 2 aromatic carbocycles. The van der Waals surface area contributed by atoms with E-state index in [4.69, 9.17) is 0 Å². The molecule has 0 atom stereocenters. The van der Waals surface area contributed by atoms with Gasteiger partial charge in [-0.3, -0.25) is 4.79 Å². The molecular formula is C17H19F2N3O. The molecule has 0 bridgehead atoms. The maximum Gasteiger partial charge on any atom is 0.226 e. The Bertz CT molecular complexity index is 652. The summed E-state index contributed by atoms with van der Waals surface area (Å²) in [5.74, 6) is -2.03. The largest absolute Gasteiger partial charge is 0.385 e. The molecule has 0 fully saturated rings. The van der Waals surface area contributed by atoms with E-state index in [1.54, 1.807) is 0 Å². The molecule has 1 amide bonds. The zero-order valence-corrected chi connectivity index (χ0v) is 13.1. The van der Waals surface area contributed by atoms with Crippen LogP contribution in [-0.4, -0.2) is 26.5 Å². The summed E-state index contributed by atoms with van der Waals surface area (Å²) < 4.78 is 26.9. The van der Waals surface area contributed by atoms with Gasteiger partial charge in [0.15, 0.2) is 0 Å². The van der Waals surface area contributed by atoms with Crippen molar-refractivity contribution in [2.45, 2.75) is 6.42 Å². The molecule has 0 aliphatic carbocycles. The van der Waals surface area contributed by atoms with E-state index in [-0.39, 0.29) is 6.42 Å². The van der Waals surface area contributed by atoms with Crippen LogP contribution in [0, 0.1) is 11.6 Å². The molecule has 2 rings (SSSR count). The van der Waals surface area contributed by atoms with Crippen LogP contribution >= 0.6 is 0 Å². The highest BCUT2D eigenvalue weighted by Gasteiger charge is 2.11. The predicted octanol–water partition coefficient (Wildman–Crippen LogP) is 3.47. The minimum atomic E-state index is -0.786. The normalized spacial score (nSPS) is 10.3. The van der Waals surface area contributed by atoms with Crippen LogP contribution in [0.1, 0.15) is 6.42 Å². The Morgan fingerprint density at radius 1 is 1.04 bits per heavy atom. The van der Waals surface area contributed by atoms with Crippen molar-refractivity contribution in [2.75, 3.05) is 36.2 Å². The first-order valence-electron chi connectivity index (χ1n) is 7.22. The molecule has 2 N–H and O–H groups in total. The summed E-state index contributed by atoms with van der Waals surface area (Å²) in [5, 5.41) is 5.34. The number of para-hydroxylation sites is 1. The summed E-state index contributed by atoms with van der Waals surface area (Å²) in [6, 6.07) is 11.2. The van der Waals surface area contributed by atoms with Gasteiger partial charge in [0.05, 0.1) is 0 Å². The van der Waals surface area contributed by atoms with Crippen molar-refractivity contribution in [2.24, 2.45) is 0 Å². The standard InChI is InChI=1S/C17H19F2N3O/c1-22(2)13-8-6-12(7-9-13)20-11-10-16(23)21-17-14(18)4-3-5-15(17)19/h3-9,20H,10-11H2,1-2H3,(H,21,23). The van der Waals surface area contributed by atoms with Crippen molar-refractivity contribution < 1.29 is 13.6 Å². The summed E-state index contributed by atoms with van der Waals surface area (Å²) in [6.07, 6.45) is 0.100. The molecule has 0 saturated heterocycles. The van der Waals surface area contributed by atoms with E-state index in [1.807, 2.05) is 43.3 Å². The number of anilines is 3. The van der Waals surface area contributed by atoms with Crippen LogP contribution in [0.3, 0.4) is 0 Å². The zero-order valence-electron chi connectivity index (χ0n) is 13.1. The summed E-state index contributed by atoms with van der Waals surface area (Å²) in [4.78, 5) is 13.7. The molecule has 0 aromatic heterocycles. The predicted molar refractivity (Wildman–Crippen MR) is 88.9 cm³/mol. The van der Waals surface area contributed by atoms with Gasteiger partial charge in [-0.1, -0.05) is 6.07 Å². The molecule has 0 radical (unpaired) electrons. The van der Waals surface area contributed by atoms with Gasteiger partial charge < -0.3 is 15.5 Å². The number of hydrogen-bond acceptors (Lipinski definition) is 3. The minimum absolute atomic E-state index is 0.100. The summed E-state index contributed by atoms with van der Waals surface area (Å²) in [6.45, 7) is 0.364. The first-order chi connectivity index (χ1) is 11.0. The van der Waals surface area contributed by atoms with Crippen molar-refractivity contribution in [1.82, 2.24) is 0 Å². The van der Waals surface area contributed by atoms with Crippen LogP contribution in [0.15, 0.2) is 42.5 Å². The van der Waals surface area contributed by atoms with E-state index >= 15 is 0 Å². The van der Waals surface area contributed by atoms with Crippen LogP contribution in [0.4, 0.5) is 25.8 Å². The molecule has 0 aliphatic heterocycles. The second-order valence-corrected chi connectivity index (χ2v) is 5.26. The van der Waals surface area contributed by atoms with Gasteiger partial charge in [0, 0.05) is 38.4 Å². The fourth-order valence-electron chi connectivity index (χ4n) is 2.02.